The van der Waals surface area contributed by atoms with Gasteiger partial charge >= 0.3 is 0 Å². The molecule has 2 nitrogen and oxygen atoms in total. The Hall–Kier alpha value is -0.940. The third kappa shape index (κ3) is 2.10. The van der Waals surface area contributed by atoms with Gasteiger partial charge in [-0.3, -0.25) is 4.79 Å². The van der Waals surface area contributed by atoms with Crippen LogP contribution < -0.4 is 0 Å². The molecule has 0 amide bonds. The number of furan rings is 1. The largest absolute Gasteiger partial charge is 0.460 e. The van der Waals surface area contributed by atoms with E-state index in [4.69, 9.17) is 4.42 Å². The molecular formula is C11H5Br2FO2. The summed E-state index contributed by atoms with van der Waals surface area (Å²) >= 11 is 6.34. The van der Waals surface area contributed by atoms with Crippen LogP contribution in [0.4, 0.5) is 4.39 Å². The molecule has 0 saturated carbocycles. The van der Waals surface area contributed by atoms with Crippen LogP contribution >= 0.6 is 31.9 Å². The molecule has 0 radical (unpaired) electrons. The van der Waals surface area contributed by atoms with Gasteiger partial charge in [0.2, 0.25) is 5.78 Å². The minimum Gasteiger partial charge on any atom is -0.460 e. The first-order valence-electron chi connectivity index (χ1n) is 4.32. The summed E-state index contributed by atoms with van der Waals surface area (Å²) in [5.74, 6) is -0.968. The van der Waals surface area contributed by atoms with Gasteiger partial charge in [-0.25, -0.2) is 4.39 Å². The third-order valence-electron chi connectivity index (χ3n) is 2.00. The lowest BCUT2D eigenvalue weighted by molar-refractivity contribution is 0.100. The molecule has 0 aliphatic rings. The van der Waals surface area contributed by atoms with E-state index >= 15 is 0 Å². The number of rotatable bonds is 2. The van der Waals surface area contributed by atoms with Crippen LogP contribution in [-0.2, 0) is 0 Å². The summed E-state index contributed by atoms with van der Waals surface area (Å²) in [5.41, 5.74) is -0.0231. The molecule has 16 heavy (non-hydrogen) atoms. The van der Waals surface area contributed by atoms with Gasteiger partial charge in [0.25, 0.3) is 0 Å². The van der Waals surface area contributed by atoms with Gasteiger partial charge in [-0.2, -0.15) is 0 Å². The van der Waals surface area contributed by atoms with Gasteiger partial charge in [-0.15, -0.1) is 0 Å². The summed E-state index contributed by atoms with van der Waals surface area (Å²) in [7, 11) is 0. The lowest BCUT2D eigenvalue weighted by Gasteiger charge is -2.01. The zero-order valence-electron chi connectivity index (χ0n) is 7.84. The van der Waals surface area contributed by atoms with Crippen LogP contribution in [0, 0.1) is 5.82 Å². The summed E-state index contributed by atoms with van der Waals surface area (Å²) < 4.78 is 19.6. The van der Waals surface area contributed by atoms with Crippen LogP contribution in [0.25, 0.3) is 0 Å². The minimum absolute atomic E-state index is 0.0231. The van der Waals surface area contributed by atoms with Crippen LogP contribution in [0.1, 0.15) is 16.1 Å². The average Bonchev–Trinajstić information content (AvgIpc) is 2.67. The fraction of sp³-hybridized carbons (Fsp3) is 0. The van der Waals surface area contributed by atoms with Gasteiger partial charge in [0, 0.05) is 4.47 Å². The van der Waals surface area contributed by atoms with E-state index in [1.165, 1.54) is 24.5 Å². The van der Waals surface area contributed by atoms with Gasteiger partial charge in [-0.1, -0.05) is 15.9 Å². The summed E-state index contributed by atoms with van der Waals surface area (Å²) in [6.07, 6.45) is 1.37. The van der Waals surface area contributed by atoms with E-state index in [0.29, 0.717) is 8.95 Å². The highest BCUT2D eigenvalue weighted by molar-refractivity contribution is 9.10. The quantitative estimate of drug-likeness (QED) is 0.763. The van der Waals surface area contributed by atoms with Crippen LogP contribution in [-0.4, -0.2) is 5.78 Å². The molecule has 0 unspecified atom stereocenters. The van der Waals surface area contributed by atoms with Crippen LogP contribution in [0.5, 0.6) is 0 Å². The normalized spacial score (nSPS) is 10.4. The van der Waals surface area contributed by atoms with Gasteiger partial charge in [0.1, 0.15) is 5.82 Å². The number of carbonyl (C=O) groups excluding carboxylic acids is 1. The van der Waals surface area contributed by atoms with E-state index in [1.807, 2.05) is 0 Å². The first kappa shape index (κ1) is 11.5. The van der Waals surface area contributed by atoms with Gasteiger partial charge < -0.3 is 4.42 Å². The maximum atomic E-state index is 13.4. The van der Waals surface area contributed by atoms with Crippen molar-refractivity contribution in [1.29, 1.82) is 0 Å². The number of ketones is 1. The Morgan fingerprint density at radius 2 is 2.00 bits per heavy atom. The smallest absolute Gasteiger partial charge is 0.232 e. The number of hydrogen-bond acceptors (Lipinski definition) is 2. The Labute approximate surface area is 108 Å². The average molecular weight is 348 g/mol. The summed E-state index contributed by atoms with van der Waals surface area (Å²) in [6, 6.07) is 5.77. The highest BCUT2D eigenvalue weighted by atomic mass is 79.9. The Balaban J connectivity index is 2.49. The van der Waals surface area contributed by atoms with Crippen molar-refractivity contribution in [2.24, 2.45) is 0 Å². The van der Waals surface area contributed by atoms with E-state index in [0.717, 1.165) is 0 Å². The number of hydrogen-bond donors (Lipinski definition) is 0. The minimum atomic E-state index is -0.573. The maximum absolute atomic E-state index is 13.4. The molecule has 0 bridgehead atoms. The van der Waals surface area contributed by atoms with Crippen molar-refractivity contribution in [2.45, 2.75) is 0 Å². The molecule has 0 spiro atoms. The van der Waals surface area contributed by atoms with Crippen molar-refractivity contribution in [3.63, 3.8) is 0 Å². The highest BCUT2D eigenvalue weighted by Crippen LogP contribution is 2.24. The topological polar surface area (TPSA) is 30.2 Å². The van der Waals surface area contributed by atoms with Crippen molar-refractivity contribution in [3.05, 3.63) is 56.6 Å². The molecule has 1 aromatic carbocycles. The van der Waals surface area contributed by atoms with Crippen LogP contribution in [0.3, 0.4) is 0 Å². The predicted molar refractivity (Wildman–Crippen MR) is 63.9 cm³/mol. The Bertz CT molecular complexity index is 549. The van der Waals surface area contributed by atoms with E-state index in [-0.39, 0.29) is 11.3 Å². The Morgan fingerprint density at radius 1 is 1.25 bits per heavy atom. The Morgan fingerprint density at radius 3 is 2.62 bits per heavy atom. The van der Waals surface area contributed by atoms with Gasteiger partial charge in [0.15, 0.2) is 5.76 Å². The number of benzene rings is 1. The molecule has 0 aliphatic carbocycles. The number of carbonyl (C=O) groups is 1. The van der Waals surface area contributed by atoms with Gasteiger partial charge in [0.05, 0.1) is 16.3 Å². The first-order valence-corrected chi connectivity index (χ1v) is 5.91. The molecule has 2 aromatic rings. The molecule has 0 atom stereocenters. The van der Waals surface area contributed by atoms with Crippen molar-refractivity contribution in [1.82, 2.24) is 0 Å². The molecule has 2 rings (SSSR count). The van der Waals surface area contributed by atoms with E-state index in [2.05, 4.69) is 31.9 Å². The molecule has 0 N–H and O–H groups in total. The SMILES string of the molecule is O=C(c1cc(Br)ccc1F)c1occc1Br. The molecule has 0 fully saturated rings. The summed E-state index contributed by atoms with van der Waals surface area (Å²) in [6.45, 7) is 0. The van der Waals surface area contributed by atoms with E-state index in [1.54, 1.807) is 6.07 Å². The summed E-state index contributed by atoms with van der Waals surface area (Å²) in [4.78, 5) is 11.9. The zero-order chi connectivity index (χ0) is 11.7. The van der Waals surface area contributed by atoms with E-state index in [9.17, 15) is 9.18 Å². The number of halogens is 3. The van der Waals surface area contributed by atoms with Crippen molar-refractivity contribution in [3.8, 4) is 0 Å². The maximum Gasteiger partial charge on any atom is 0.232 e. The fourth-order valence-electron chi connectivity index (χ4n) is 1.25. The van der Waals surface area contributed by atoms with Crippen LogP contribution in [0.15, 0.2) is 43.9 Å². The third-order valence-corrected chi connectivity index (χ3v) is 3.11. The second-order valence-corrected chi connectivity index (χ2v) is 4.82. The Kier molecular flexibility index (Phi) is 3.25. The highest BCUT2D eigenvalue weighted by Gasteiger charge is 2.19. The summed E-state index contributed by atoms with van der Waals surface area (Å²) in [5, 5.41) is 0. The molecule has 1 aromatic heterocycles. The van der Waals surface area contributed by atoms with Crippen molar-refractivity contribution < 1.29 is 13.6 Å². The molecule has 0 aliphatic heterocycles. The molecule has 1 heterocycles. The second-order valence-electron chi connectivity index (χ2n) is 3.05. The van der Waals surface area contributed by atoms with Crippen LogP contribution in [0.2, 0.25) is 0 Å². The first-order chi connectivity index (χ1) is 7.59. The molecule has 5 heteroatoms. The lowest BCUT2D eigenvalue weighted by atomic mass is 10.1. The zero-order valence-corrected chi connectivity index (χ0v) is 11.0. The molecular weight excluding hydrogens is 343 g/mol. The molecule has 82 valence electrons. The van der Waals surface area contributed by atoms with Crippen molar-refractivity contribution >= 4 is 37.6 Å². The van der Waals surface area contributed by atoms with Crippen molar-refractivity contribution in [2.75, 3.05) is 0 Å². The monoisotopic (exact) mass is 346 g/mol. The lowest BCUT2D eigenvalue weighted by Crippen LogP contribution is -2.03. The van der Waals surface area contributed by atoms with Gasteiger partial charge in [-0.05, 0) is 40.2 Å². The predicted octanol–water partition coefficient (Wildman–Crippen LogP) is 4.17. The van der Waals surface area contributed by atoms with E-state index < -0.39 is 11.6 Å². The second kappa shape index (κ2) is 4.51. The standard InChI is InChI=1S/C11H5Br2FO2/c12-6-1-2-9(14)7(5-6)10(15)11-8(13)3-4-16-11/h1-5H. The molecule has 0 saturated heterocycles. The fourth-order valence-corrected chi connectivity index (χ4v) is 1.99.